The minimum Gasteiger partial charge on any atom is -0.382 e. The number of benzene rings is 1. The molecule has 0 spiro atoms. The highest BCUT2D eigenvalue weighted by Crippen LogP contribution is 2.25. The van der Waals surface area contributed by atoms with Crippen molar-refractivity contribution in [3.63, 3.8) is 0 Å². The molecule has 1 aromatic carbocycles. The summed E-state index contributed by atoms with van der Waals surface area (Å²) in [5.74, 6) is 0. The van der Waals surface area contributed by atoms with Crippen molar-refractivity contribution in [1.29, 1.82) is 0 Å². The van der Waals surface area contributed by atoms with Gasteiger partial charge in [0.1, 0.15) is 0 Å². The maximum absolute atomic E-state index is 5.81. The van der Waals surface area contributed by atoms with Gasteiger partial charge in [0.05, 0.1) is 6.10 Å². The van der Waals surface area contributed by atoms with Gasteiger partial charge in [-0.05, 0) is 42.4 Å². The maximum atomic E-state index is 5.81. The van der Waals surface area contributed by atoms with E-state index >= 15 is 0 Å². The molecule has 1 N–H and O–H groups in total. The van der Waals surface area contributed by atoms with Crippen LogP contribution in [0.1, 0.15) is 58.9 Å². The zero-order chi connectivity index (χ0) is 14.6. The summed E-state index contributed by atoms with van der Waals surface area (Å²) in [6, 6.07) is 9.47. The Bertz CT molecular complexity index is 402. The zero-order valence-electron chi connectivity index (χ0n) is 13.4. The maximum Gasteiger partial charge on any atom is 0.0594 e. The van der Waals surface area contributed by atoms with Crippen LogP contribution in [0.4, 0.5) is 5.69 Å². The topological polar surface area (TPSA) is 21.3 Å². The van der Waals surface area contributed by atoms with E-state index in [1.807, 2.05) is 0 Å². The Kier molecular flexibility index (Phi) is 5.09. The van der Waals surface area contributed by atoms with Crippen LogP contribution in [0.2, 0.25) is 0 Å². The summed E-state index contributed by atoms with van der Waals surface area (Å²) >= 11 is 0. The van der Waals surface area contributed by atoms with Gasteiger partial charge in [0.15, 0.2) is 0 Å². The summed E-state index contributed by atoms with van der Waals surface area (Å²) in [5, 5.41) is 3.67. The van der Waals surface area contributed by atoms with E-state index in [0.29, 0.717) is 12.1 Å². The number of ether oxygens (including phenoxy) is 1. The molecule has 1 heterocycles. The molecule has 0 aliphatic carbocycles. The van der Waals surface area contributed by atoms with E-state index in [1.165, 1.54) is 24.1 Å². The monoisotopic (exact) mass is 275 g/mol. The first-order valence-corrected chi connectivity index (χ1v) is 7.97. The third-order valence-electron chi connectivity index (χ3n) is 4.10. The zero-order valence-corrected chi connectivity index (χ0v) is 13.4. The molecule has 1 aliphatic rings. The van der Waals surface area contributed by atoms with Crippen molar-refractivity contribution < 1.29 is 4.74 Å². The number of rotatable bonds is 4. The summed E-state index contributed by atoms with van der Waals surface area (Å²) < 4.78 is 5.81. The molecule has 0 bridgehead atoms. The summed E-state index contributed by atoms with van der Waals surface area (Å²) in [7, 11) is 0. The number of anilines is 1. The SMILES string of the molecule is CCCC1CC(Nc2ccc(C(C)(C)C)cc2)CCO1. The molecule has 1 aliphatic heterocycles. The molecule has 1 saturated heterocycles. The van der Waals surface area contributed by atoms with E-state index in [4.69, 9.17) is 4.74 Å². The summed E-state index contributed by atoms with van der Waals surface area (Å²) in [6.07, 6.45) is 5.08. The van der Waals surface area contributed by atoms with Crippen molar-refractivity contribution >= 4 is 5.69 Å². The molecule has 2 nitrogen and oxygen atoms in total. The fourth-order valence-corrected chi connectivity index (χ4v) is 2.84. The van der Waals surface area contributed by atoms with Crippen molar-refractivity contribution in [3.05, 3.63) is 29.8 Å². The third kappa shape index (κ3) is 4.24. The van der Waals surface area contributed by atoms with Gasteiger partial charge in [-0.1, -0.05) is 46.2 Å². The Hall–Kier alpha value is -1.02. The van der Waals surface area contributed by atoms with Gasteiger partial charge in [-0.2, -0.15) is 0 Å². The van der Waals surface area contributed by atoms with Crippen molar-refractivity contribution in [3.8, 4) is 0 Å². The van der Waals surface area contributed by atoms with Gasteiger partial charge < -0.3 is 10.1 Å². The molecule has 1 aromatic rings. The lowest BCUT2D eigenvalue weighted by atomic mass is 9.87. The molecule has 0 amide bonds. The molecule has 20 heavy (non-hydrogen) atoms. The van der Waals surface area contributed by atoms with Crippen LogP contribution in [0, 0.1) is 0 Å². The minimum absolute atomic E-state index is 0.226. The van der Waals surface area contributed by atoms with Gasteiger partial charge in [-0.25, -0.2) is 0 Å². The molecule has 0 radical (unpaired) electrons. The molecule has 2 rings (SSSR count). The van der Waals surface area contributed by atoms with Gasteiger partial charge in [0.25, 0.3) is 0 Å². The number of nitrogens with one attached hydrogen (secondary N) is 1. The highest BCUT2D eigenvalue weighted by molar-refractivity contribution is 5.46. The van der Waals surface area contributed by atoms with Gasteiger partial charge in [-0.3, -0.25) is 0 Å². The van der Waals surface area contributed by atoms with E-state index in [9.17, 15) is 0 Å². The number of hydrogen-bond donors (Lipinski definition) is 1. The van der Waals surface area contributed by atoms with Gasteiger partial charge in [-0.15, -0.1) is 0 Å². The van der Waals surface area contributed by atoms with Crippen LogP contribution in [-0.4, -0.2) is 18.8 Å². The second-order valence-electron chi connectivity index (χ2n) is 6.97. The van der Waals surface area contributed by atoms with Crippen molar-refractivity contribution in [2.75, 3.05) is 11.9 Å². The molecule has 0 saturated carbocycles. The largest absolute Gasteiger partial charge is 0.382 e. The lowest BCUT2D eigenvalue weighted by Crippen LogP contribution is -2.34. The van der Waals surface area contributed by atoms with E-state index < -0.39 is 0 Å². The molecule has 0 aromatic heterocycles. The fourth-order valence-electron chi connectivity index (χ4n) is 2.84. The normalized spacial score (nSPS) is 23.6. The van der Waals surface area contributed by atoms with Crippen molar-refractivity contribution in [2.45, 2.75) is 70.9 Å². The second kappa shape index (κ2) is 6.62. The highest BCUT2D eigenvalue weighted by atomic mass is 16.5. The Morgan fingerprint density at radius 1 is 1.20 bits per heavy atom. The fraction of sp³-hybridized carbons (Fsp3) is 0.667. The molecule has 2 heteroatoms. The van der Waals surface area contributed by atoms with Crippen molar-refractivity contribution in [2.24, 2.45) is 0 Å². The van der Waals surface area contributed by atoms with E-state index in [-0.39, 0.29) is 5.41 Å². The highest BCUT2D eigenvalue weighted by Gasteiger charge is 2.22. The van der Waals surface area contributed by atoms with Gasteiger partial charge in [0, 0.05) is 18.3 Å². The second-order valence-corrected chi connectivity index (χ2v) is 6.97. The Labute approximate surface area is 123 Å². The average molecular weight is 275 g/mol. The molecule has 112 valence electrons. The van der Waals surface area contributed by atoms with Crippen LogP contribution in [-0.2, 0) is 10.2 Å². The van der Waals surface area contributed by atoms with Crippen LogP contribution >= 0.6 is 0 Å². The van der Waals surface area contributed by atoms with E-state index in [1.54, 1.807) is 0 Å². The predicted octanol–water partition coefficient (Wildman–Crippen LogP) is 4.74. The summed E-state index contributed by atoms with van der Waals surface area (Å²) in [5.41, 5.74) is 2.85. The molecule has 2 unspecified atom stereocenters. The van der Waals surface area contributed by atoms with Crippen LogP contribution in [0.15, 0.2) is 24.3 Å². The van der Waals surface area contributed by atoms with Gasteiger partial charge >= 0.3 is 0 Å². The first-order valence-electron chi connectivity index (χ1n) is 7.97. The average Bonchev–Trinajstić information content (AvgIpc) is 2.39. The van der Waals surface area contributed by atoms with Gasteiger partial charge in [0.2, 0.25) is 0 Å². The van der Waals surface area contributed by atoms with Crippen LogP contribution in [0.5, 0.6) is 0 Å². The Balaban J connectivity index is 1.93. The first kappa shape index (κ1) is 15.4. The smallest absolute Gasteiger partial charge is 0.0594 e. The summed E-state index contributed by atoms with van der Waals surface area (Å²) in [6.45, 7) is 9.88. The van der Waals surface area contributed by atoms with Crippen LogP contribution in [0.25, 0.3) is 0 Å². The lowest BCUT2D eigenvalue weighted by molar-refractivity contribution is 0.00598. The quantitative estimate of drug-likeness (QED) is 0.856. The number of hydrogen-bond acceptors (Lipinski definition) is 2. The van der Waals surface area contributed by atoms with Crippen LogP contribution < -0.4 is 5.32 Å². The van der Waals surface area contributed by atoms with E-state index in [0.717, 1.165) is 19.4 Å². The van der Waals surface area contributed by atoms with E-state index in [2.05, 4.69) is 57.3 Å². The standard InChI is InChI=1S/C18H29NO/c1-5-6-17-13-16(11-12-20-17)19-15-9-7-14(8-10-15)18(2,3)4/h7-10,16-17,19H,5-6,11-13H2,1-4H3. The van der Waals surface area contributed by atoms with Crippen LogP contribution in [0.3, 0.4) is 0 Å². The third-order valence-corrected chi connectivity index (χ3v) is 4.10. The summed E-state index contributed by atoms with van der Waals surface area (Å²) in [4.78, 5) is 0. The van der Waals surface area contributed by atoms with Crippen molar-refractivity contribution in [1.82, 2.24) is 0 Å². The molecular weight excluding hydrogens is 246 g/mol. The Morgan fingerprint density at radius 2 is 1.90 bits per heavy atom. The lowest BCUT2D eigenvalue weighted by Gasteiger charge is -2.31. The molecular formula is C18H29NO. The minimum atomic E-state index is 0.226. The molecule has 2 atom stereocenters. The Morgan fingerprint density at radius 3 is 2.50 bits per heavy atom. The predicted molar refractivity (Wildman–Crippen MR) is 86.4 cm³/mol. The molecule has 1 fully saturated rings. The first-order chi connectivity index (χ1) is 9.49.